The normalized spacial score (nSPS) is 10.7. The first-order valence-electron chi connectivity index (χ1n) is 6.69. The van der Waals surface area contributed by atoms with Gasteiger partial charge in [-0.3, -0.25) is 4.98 Å². The van der Waals surface area contributed by atoms with Gasteiger partial charge >= 0.3 is 5.69 Å². The highest BCUT2D eigenvalue weighted by atomic mass is 35.5. The number of methoxy groups -OCH3 is 1. The Kier molecular flexibility index (Phi) is 3.73. The van der Waals surface area contributed by atoms with E-state index in [2.05, 4.69) is 10.1 Å². The summed E-state index contributed by atoms with van der Waals surface area (Å²) in [7, 11) is 1.57. The monoisotopic (exact) mass is 315 g/mol. The second kappa shape index (κ2) is 5.69. The van der Waals surface area contributed by atoms with Gasteiger partial charge in [-0.25, -0.2) is 4.79 Å². The van der Waals surface area contributed by atoms with E-state index in [-0.39, 0.29) is 5.69 Å². The SMILES string of the molecule is COc1cccc(-n2nc(-c3c(C)cccc3Cl)[nH]c2=O)c1. The molecule has 3 aromatic rings. The Morgan fingerprint density at radius 2 is 2.00 bits per heavy atom. The van der Waals surface area contributed by atoms with Crippen LogP contribution in [0.3, 0.4) is 0 Å². The van der Waals surface area contributed by atoms with Crippen LogP contribution in [0.25, 0.3) is 17.1 Å². The first kappa shape index (κ1) is 14.4. The lowest BCUT2D eigenvalue weighted by Gasteiger charge is -2.04. The van der Waals surface area contributed by atoms with Gasteiger partial charge in [0.15, 0.2) is 5.82 Å². The van der Waals surface area contributed by atoms with Crippen LogP contribution in [0.15, 0.2) is 47.3 Å². The summed E-state index contributed by atoms with van der Waals surface area (Å²) in [4.78, 5) is 14.9. The molecule has 0 saturated carbocycles. The van der Waals surface area contributed by atoms with Crippen LogP contribution in [0.5, 0.6) is 5.75 Å². The third-order valence-corrected chi connectivity index (χ3v) is 3.69. The fourth-order valence-corrected chi connectivity index (χ4v) is 2.60. The molecule has 3 rings (SSSR count). The number of aromatic amines is 1. The third-order valence-electron chi connectivity index (χ3n) is 3.37. The highest BCUT2D eigenvalue weighted by Gasteiger charge is 2.14. The second-order valence-electron chi connectivity index (χ2n) is 4.82. The summed E-state index contributed by atoms with van der Waals surface area (Å²) < 4.78 is 6.46. The van der Waals surface area contributed by atoms with E-state index in [9.17, 15) is 4.79 Å². The number of hydrogen-bond donors (Lipinski definition) is 1. The van der Waals surface area contributed by atoms with E-state index in [1.54, 1.807) is 37.4 Å². The smallest absolute Gasteiger partial charge is 0.348 e. The largest absolute Gasteiger partial charge is 0.497 e. The Bertz CT molecular complexity index is 863. The van der Waals surface area contributed by atoms with E-state index in [0.29, 0.717) is 22.3 Å². The zero-order valence-electron chi connectivity index (χ0n) is 12.1. The average molecular weight is 316 g/mol. The fraction of sp³-hybridized carbons (Fsp3) is 0.125. The van der Waals surface area contributed by atoms with Crippen LogP contribution in [-0.4, -0.2) is 21.9 Å². The summed E-state index contributed by atoms with van der Waals surface area (Å²) in [5, 5.41) is 4.90. The number of H-pyrrole nitrogens is 1. The van der Waals surface area contributed by atoms with Crippen molar-refractivity contribution in [1.82, 2.24) is 14.8 Å². The quantitative estimate of drug-likeness (QED) is 0.807. The Morgan fingerprint density at radius 3 is 2.73 bits per heavy atom. The minimum atomic E-state index is -0.331. The molecule has 1 aromatic heterocycles. The molecule has 0 spiro atoms. The third kappa shape index (κ3) is 2.51. The minimum Gasteiger partial charge on any atom is -0.497 e. The maximum absolute atomic E-state index is 12.2. The first-order valence-corrected chi connectivity index (χ1v) is 7.07. The van der Waals surface area contributed by atoms with Crippen LogP contribution in [0.2, 0.25) is 5.02 Å². The van der Waals surface area contributed by atoms with Crippen molar-refractivity contribution in [3.05, 3.63) is 63.5 Å². The summed E-state index contributed by atoms with van der Waals surface area (Å²) in [5.41, 5.74) is 1.96. The molecule has 0 fully saturated rings. The van der Waals surface area contributed by atoms with Crippen molar-refractivity contribution in [2.24, 2.45) is 0 Å². The second-order valence-corrected chi connectivity index (χ2v) is 5.23. The Hall–Kier alpha value is -2.53. The molecule has 0 amide bonds. The summed E-state index contributed by atoms with van der Waals surface area (Å²) in [6, 6.07) is 12.7. The van der Waals surface area contributed by atoms with Gasteiger partial charge in [-0.05, 0) is 30.7 Å². The highest BCUT2D eigenvalue weighted by molar-refractivity contribution is 6.33. The molecule has 1 heterocycles. The van der Waals surface area contributed by atoms with Crippen molar-refractivity contribution in [3.8, 4) is 22.8 Å². The zero-order chi connectivity index (χ0) is 15.7. The molecule has 0 aliphatic rings. The molecule has 22 heavy (non-hydrogen) atoms. The van der Waals surface area contributed by atoms with Crippen LogP contribution in [0, 0.1) is 6.92 Å². The van der Waals surface area contributed by atoms with Gasteiger partial charge in [0.05, 0.1) is 17.8 Å². The summed E-state index contributed by atoms with van der Waals surface area (Å²) in [6.45, 7) is 1.92. The predicted octanol–water partition coefficient (Wildman–Crippen LogP) is 3.20. The number of nitrogens with zero attached hydrogens (tertiary/aromatic N) is 2. The Morgan fingerprint density at radius 1 is 1.23 bits per heavy atom. The Balaban J connectivity index is 2.14. The molecule has 1 N–H and O–H groups in total. The molecule has 0 unspecified atom stereocenters. The van der Waals surface area contributed by atoms with Crippen LogP contribution >= 0.6 is 11.6 Å². The minimum absolute atomic E-state index is 0.331. The lowest BCUT2D eigenvalue weighted by Crippen LogP contribution is -2.15. The van der Waals surface area contributed by atoms with Crippen molar-refractivity contribution < 1.29 is 4.74 Å². The Labute approximate surface area is 132 Å². The van der Waals surface area contributed by atoms with Gasteiger partial charge in [0.25, 0.3) is 0 Å². The van der Waals surface area contributed by atoms with Gasteiger partial charge in [0.2, 0.25) is 0 Å². The molecule has 0 radical (unpaired) electrons. The van der Waals surface area contributed by atoms with Crippen LogP contribution in [0.4, 0.5) is 0 Å². The molecule has 5 nitrogen and oxygen atoms in total. The van der Waals surface area contributed by atoms with Gasteiger partial charge in [0.1, 0.15) is 5.75 Å². The van der Waals surface area contributed by atoms with Gasteiger partial charge in [-0.2, -0.15) is 4.68 Å². The molecular formula is C16H14ClN3O2. The lowest BCUT2D eigenvalue weighted by atomic mass is 10.1. The van der Waals surface area contributed by atoms with Gasteiger partial charge < -0.3 is 4.74 Å². The number of halogens is 1. The predicted molar refractivity (Wildman–Crippen MR) is 85.9 cm³/mol. The van der Waals surface area contributed by atoms with Gasteiger partial charge in [-0.15, -0.1) is 5.10 Å². The molecule has 0 saturated heterocycles. The van der Waals surface area contributed by atoms with E-state index in [1.165, 1.54) is 4.68 Å². The van der Waals surface area contributed by atoms with E-state index in [4.69, 9.17) is 16.3 Å². The maximum atomic E-state index is 12.2. The number of hydrogen-bond acceptors (Lipinski definition) is 3. The van der Waals surface area contributed by atoms with E-state index >= 15 is 0 Å². The number of benzene rings is 2. The fourth-order valence-electron chi connectivity index (χ4n) is 2.29. The average Bonchev–Trinajstić information content (AvgIpc) is 2.89. The summed E-state index contributed by atoms with van der Waals surface area (Å²) in [5.74, 6) is 1.10. The van der Waals surface area contributed by atoms with Crippen molar-refractivity contribution >= 4 is 11.6 Å². The topological polar surface area (TPSA) is 59.9 Å². The van der Waals surface area contributed by atoms with Crippen molar-refractivity contribution in [2.45, 2.75) is 6.92 Å². The van der Waals surface area contributed by atoms with Crippen LogP contribution in [0.1, 0.15) is 5.56 Å². The van der Waals surface area contributed by atoms with Crippen molar-refractivity contribution in [3.63, 3.8) is 0 Å². The van der Waals surface area contributed by atoms with Crippen molar-refractivity contribution in [2.75, 3.05) is 7.11 Å². The molecule has 6 heteroatoms. The highest BCUT2D eigenvalue weighted by Crippen LogP contribution is 2.28. The molecule has 0 atom stereocenters. The molecule has 112 valence electrons. The zero-order valence-corrected chi connectivity index (χ0v) is 12.9. The number of ether oxygens (including phenoxy) is 1. The first-order chi connectivity index (χ1) is 10.6. The standard InChI is InChI=1S/C16H14ClN3O2/c1-10-5-3-8-13(17)14(10)15-18-16(21)20(19-15)11-6-4-7-12(9-11)22-2/h3-9H,1-2H3,(H,18,19,21). The number of nitrogens with one attached hydrogen (secondary N) is 1. The number of aromatic nitrogens is 3. The molecule has 0 bridgehead atoms. The number of rotatable bonds is 3. The summed E-state index contributed by atoms with van der Waals surface area (Å²) >= 11 is 6.23. The number of aryl methyl sites for hydroxylation is 1. The molecular weight excluding hydrogens is 302 g/mol. The molecule has 0 aliphatic carbocycles. The van der Waals surface area contributed by atoms with Crippen molar-refractivity contribution in [1.29, 1.82) is 0 Å². The van der Waals surface area contributed by atoms with E-state index in [0.717, 1.165) is 11.1 Å². The van der Waals surface area contributed by atoms with E-state index in [1.807, 2.05) is 19.1 Å². The van der Waals surface area contributed by atoms with Gasteiger partial charge in [-0.1, -0.05) is 29.8 Å². The van der Waals surface area contributed by atoms with E-state index < -0.39 is 0 Å². The lowest BCUT2D eigenvalue weighted by molar-refractivity contribution is 0.414. The van der Waals surface area contributed by atoms with Gasteiger partial charge in [0, 0.05) is 11.6 Å². The maximum Gasteiger partial charge on any atom is 0.348 e. The molecule has 0 aliphatic heterocycles. The molecule has 2 aromatic carbocycles. The summed E-state index contributed by atoms with van der Waals surface area (Å²) in [6.07, 6.45) is 0. The van der Waals surface area contributed by atoms with Crippen LogP contribution in [-0.2, 0) is 0 Å². The van der Waals surface area contributed by atoms with Crippen LogP contribution < -0.4 is 10.4 Å².